The molecule has 0 spiro atoms. The van der Waals surface area contributed by atoms with Crippen molar-refractivity contribution in [1.82, 2.24) is 24.6 Å². The molecule has 3 heterocycles. The number of nitrogens with one attached hydrogen (secondary N) is 1. The van der Waals surface area contributed by atoms with Gasteiger partial charge in [-0.2, -0.15) is 0 Å². The molecule has 1 amide bonds. The van der Waals surface area contributed by atoms with Crippen LogP contribution < -0.4 is 5.73 Å². The van der Waals surface area contributed by atoms with Crippen LogP contribution in [0.25, 0.3) is 10.9 Å². The van der Waals surface area contributed by atoms with E-state index in [-0.39, 0.29) is 11.9 Å². The van der Waals surface area contributed by atoms with E-state index < -0.39 is 5.91 Å². The van der Waals surface area contributed by atoms with Gasteiger partial charge in [-0.05, 0) is 37.1 Å². The maximum Gasteiger partial charge on any atom is 0.288 e. The van der Waals surface area contributed by atoms with E-state index in [2.05, 4.69) is 44.2 Å². The second-order valence-corrected chi connectivity index (χ2v) is 6.30. The van der Waals surface area contributed by atoms with Crippen LogP contribution in [0.2, 0.25) is 0 Å². The number of hydrogen-bond acceptors (Lipinski definition) is 4. The van der Waals surface area contributed by atoms with Gasteiger partial charge in [-0.25, -0.2) is 9.67 Å². The first kappa shape index (κ1) is 14.9. The molecule has 0 bridgehead atoms. The Hall–Kier alpha value is -2.67. The van der Waals surface area contributed by atoms with Crippen molar-refractivity contribution in [3.05, 3.63) is 48.2 Å². The highest BCUT2D eigenvalue weighted by atomic mass is 16.1. The second kappa shape index (κ2) is 6.09. The van der Waals surface area contributed by atoms with E-state index in [0.29, 0.717) is 0 Å². The van der Waals surface area contributed by atoms with E-state index in [1.165, 1.54) is 16.5 Å². The molecular weight excluding hydrogens is 304 g/mol. The van der Waals surface area contributed by atoms with Crippen molar-refractivity contribution in [2.75, 3.05) is 13.1 Å². The highest BCUT2D eigenvalue weighted by molar-refractivity contribution is 5.88. The van der Waals surface area contributed by atoms with Crippen LogP contribution in [0, 0.1) is 0 Å². The van der Waals surface area contributed by atoms with Gasteiger partial charge in [0.05, 0.1) is 6.04 Å². The fourth-order valence-electron chi connectivity index (χ4n) is 3.48. The Morgan fingerprint density at radius 2 is 2.29 bits per heavy atom. The molecule has 1 fully saturated rings. The molecule has 1 aromatic carbocycles. The number of nitrogens with zero attached hydrogens (tertiary/aromatic N) is 4. The minimum absolute atomic E-state index is 0.0872. The Bertz CT molecular complexity index is 867. The van der Waals surface area contributed by atoms with Crippen molar-refractivity contribution in [3.8, 4) is 0 Å². The zero-order valence-electron chi connectivity index (χ0n) is 13.4. The molecule has 7 nitrogen and oxygen atoms in total. The second-order valence-electron chi connectivity index (χ2n) is 6.30. The van der Waals surface area contributed by atoms with Gasteiger partial charge in [-0.3, -0.25) is 9.69 Å². The van der Waals surface area contributed by atoms with Gasteiger partial charge < -0.3 is 10.7 Å². The maximum atomic E-state index is 11.2. The Labute approximate surface area is 139 Å². The first-order valence-corrected chi connectivity index (χ1v) is 8.19. The fraction of sp³-hybridized carbons (Fsp3) is 0.353. The lowest BCUT2D eigenvalue weighted by molar-refractivity contribution is 0.0989. The average molecular weight is 324 g/mol. The number of rotatable bonds is 4. The fourth-order valence-corrected chi connectivity index (χ4v) is 3.48. The predicted molar refractivity (Wildman–Crippen MR) is 90.4 cm³/mol. The van der Waals surface area contributed by atoms with Crippen molar-refractivity contribution in [3.63, 3.8) is 0 Å². The number of nitrogens with two attached hydrogens (primary N) is 1. The van der Waals surface area contributed by atoms with Crippen LogP contribution in [0.1, 0.15) is 35.1 Å². The third kappa shape index (κ3) is 2.78. The third-order valence-electron chi connectivity index (χ3n) is 4.66. The number of aromatic amines is 1. The van der Waals surface area contributed by atoms with E-state index in [1.54, 1.807) is 11.0 Å². The Morgan fingerprint density at radius 1 is 1.38 bits per heavy atom. The number of hydrogen-bond donors (Lipinski definition) is 2. The van der Waals surface area contributed by atoms with Gasteiger partial charge in [0.15, 0.2) is 0 Å². The lowest BCUT2D eigenvalue weighted by atomic mass is 10.0. The number of likely N-dealkylation sites (tertiary alicyclic amines) is 1. The van der Waals surface area contributed by atoms with Crippen LogP contribution in [-0.2, 0) is 6.54 Å². The van der Waals surface area contributed by atoms with E-state index in [1.807, 2.05) is 6.20 Å². The highest BCUT2D eigenvalue weighted by Crippen LogP contribution is 2.24. The van der Waals surface area contributed by atoms with E-state index in [4.69, 9.17) is 5.73 Å². The SMILES string of the molecule is NC(=O)c1ncn(C2CCCN(Cc3cccc4[nH]ccc34)C2)n1. The molecule has 1 atom stereocenters. The molecule has 0 aliphatic carbocycles. The number of primary amides is 1. The van der Waals surface area contributed by atoms with Crippen LogP contribution >= 0.6 is 0 Å². The Morgan fingerprint density at radius 3 is 3.12 bits per heavy atom. The molecule has 4 rings (SSSR count). The predicted octanol–water partition coefficient (Wildman–Crippen LogP) is 1.70. The monoisotopic (exact) mass is 324 g/mol. The molecule has 1 saturated heterocycles. The molecule has 0 radical (unpaired) electrons. The zero-order chi connectivity index (χ0) is 16.5. The lowest BCUT2D eigenvalue weighted by Gasteiger charge is -2.32. The molecule has 1 aliphatic heterocycles. The minimum atomic E-state index is -0.583. The largest absolute Gasteiger partial charge is 0.363 e. The van der Waals surface area contributed by atoms with Gasteiger partial charge >= 0.3 is 0 Å². The van der Waals surface area contributed by atoms with Crippen molar-refractivity contribution in [2.45, 2.75) is 25.4 Å². The topological polar surface area (TPSA) is 92.8 Å². The van der Waals surface area contributed by atoms with Crippen molar-refractivity contribution in [1.29, 1.82) is 0 Å². The first-order chi connectivity index (χ1) is 11.7. The molecular formula is C17H20N6O. The van der Waals surface area contributed by atoms with Crippen LogP contribution in [0.3, 0.4) is 0 Å². The molecule has 1 unspecified atom stereocenters. The Balaban J connectivity index is 1.50. The standard InChI is InChI=1S/C17H20N6O/c18-16(24)17-20-11-23(21-17)13-4-2-8-22(10-13)9-12-3-1-5-15-14(12)6-7-19-15/h1,3,5-7,11,13,19H,2,4,8-10H2,(H2,18,24). The van der Waals surface area contributed by atoms with Crippen LogP contribution in [0.5, 0.6) is 0 Å². The van der Waals surface area contributed by atoms with E-state index in [0.717, 1.165) is 32.5 Å². The summed E-state index contributed by atoms with van der Waals surface area (Å²) >= 11 is 0. The number of amides is 1. The number of piperidine rings is 1. The first-order valence-electron chi connectivity index (χ1n) is 8.19. The Kier molecular flexibility index (Phi) is 3.78. The van der Waals surface area contributed by atoms with Crippen molar-refractivity contribution < 1.29 is 4.79 Å². The molecule has 24 heavy (non-hydrogen) atoms. The van der Waals surface area contributed by atoms with Crippen molar-refractivity contribution >= 4 is 16.8 Å². The van der Waals surface area contributed by atoms with E-state index >= 15 is 0 Å². The number of fused-ring (bicyclic) bond motifs is 1. The number of carbonyl (C=O) groups excluding carboxylic acids is 1. The van der Waals surface area contributed by atoms with Gasteiger partial charge in [0.25, 0.3) is 5.91 Å². The van der Waals surface area contributed by atoms with Crippen LogP contribution in [-0.4, -0.2) is 43.6 Å². The van der Waals surface area contributed by atoms with Gasteiger partial charge in [-0.15, -0.1) is 5.10 Å². The highest BCUT2D eigenvalue weighted by Gasteiger charge is 2.23. The summed E-state index contributed by atoms with van der Waals surface area (Å²) in [6.07, 6.45) is 5.72. The third-order valence-corrected chi connectivity index (χ3v) is 4.66. The summed E-state index contributed by atoms with van der Waals surface area (Å²) in [6, 6.07) is 8.72. The molecule has 7 heteroatoms. The number of H-pyrrole nitrogens is 1. The van der Waals surface area contributed by atoms with Gasteiger partial charge in [0, 0.05) is 30.2 Å². The molecule has 3 N–H and O–H groups in total. The average Bonchev–Trinajstić information content (AvgIpc) is 3.25. The summed E-state index contributed by atoms with van der Waals surface area (Å²) in [7, 11) is 0. The smallest absolute Gasteiger partial charge is 0.288 e. The van der Waals surface area contributed by atoms with E-state index in [9.17, 15) is 4.79 Å². The molecule has 1 aliphatic rings. The summed E-state index contributed by atoms with van der Waals surface area (Å²) in [6.45, 7) is 2.86. The van der Waals surface area contributed by atoms with Crippen molar-refractivity contribution in [2.24, 2.45) is 5.73 Å². The summed E-state index contributed by atoms with van der Waals surface area (Å²) in [5.74, 6) is -0.496. The summed E-state index contributed by atoms with van der Waals surface area (Å²) in [5, 5.41) is 5.49. The number of carbonyl (C=O) groups is 1. The number of benzene rings is 1. The zero-order valence-corrected chi connectivity index (χ0v) is 13.4. The van der Waals surface area contributed by atoms with Gasteiger partial charge in [-0.1, -0.05) is 12.1 Å². The molecule has 2 aromatic heterocycles. The minimum Gasteiger partial charge on any atom is -0.363 e. The molecule has 3 aromatic rings. The van der Waals surface area contributed by atoms with Gasteiger partial charge in [0.2, 0.25) is 5.82 Å². The van der Waals surface area contributed by atoms with Gasteiger partial charge in [0.1, 0.15) is 6.33 Å². The summed E-state index contributed by atoms with van der Waals surface area (Å²) in [4.78, 5) is 20.9. The summed E-state index contributed by atoms with van der Waals surface area (Å²) in [5.41, 5.74) is 7.73. The number of aromatic nitrogens is 4. The quantitative estimate of drug-likeness (QED) is 0.764. The van der Waals surface area contributed by atoms with Crippen LogP contribution in [0.4, 0.5) is 0 Å². The normalized spacial score (nSPS) is 18.9. The van der Waals surface area contributed by atoms with Crippen LogP contribution in [0.15, 0.2) is 36.8 Å². The molecule has 0 saturated carbocycles. The lowest BCUT2D eigenvalue weighted by Crippen LogP contribution is -2.36. The molecule has 124 valence electrons. The maximum absolute atomic E-state index is 11.2. The summed E-state index contributed by atoms with van der Waals surface area (Å²) < 4.78 is 1.78.